The van der Waals surface area contributed by atoms with E-state index in [1.54, 1.807) is 0 Å². The van der Waals surface area contributed by atoms with E-state index in [4.69, 9.17) is 16.3 Å². The second-order valence-electron chi connectivity index (χ2n) is 7.57. The van der Waals surface area contributed by atoms with Gasteiger partial charge in [-0.05, 0) is 55.5 Å². The number of benzene rings is 1. The molecule has 0 radical (unpaired) electrons. The molecule has 29 heavy (non-hydrogen) atoms. The van der Waals surface area contributed by atoms with Crippen LogP contribution in [0.25, 0.3) is 21.9 Å². The zero-order valence-corrected chi connectivity index (χ0v) is 16.9. The molecule has 0 bridgehead atoms. The Balaban J connectivity index is 1.26. The minimum atomic E-state index is 0.420. The molecule has 3 aromatic heterocycles. The van der Waals surface area contributed by atoms with Crippen LogP contribution in [0, 0.1) is 5.92 Å². The highest BCUT2D eigenvalue weighted by Crippen LogP contribution is 2.37. The largest absolute Gasteiger partial charge is 0.493 e. The molecule has 148 valence electrons. The number of aromatic nitrogens is 4. The Morgan fingerprint density at radius 1 is 1.17 bits per heavy atom. The van der Waals surface area contributed by atoms with Crippen molar-refractivity contribution >= 4 is 39.4 Å². The van der Waals surface area contributed by atoms with Crippen molar-refractivity contribution < 1.29 is 4.74 Å². The Labute approximate surface area is 173 Å². The summed E-state index contributed by atoms with van der Waals surface area (Å²) >= 11 is 6.19. The van der Waals surface area contributed by atoms with Gasteiger partial charge in [0.15, 0.2) is 0 Å². The van der Waals surface area contributed by atoms with Crippen LogP contribution in [-0.4, -0.2) is 33.2 Å². The van der Waals surface area contributed by atoms with E-state index in [0.29, 0.717) is 23.7 Å². The summed E-state index contributed by atoms with van der Waals surface area (Å²) in [7, 11) is 1.87. The smallest absolute Gasteiger partial charge is 0.145 e. The van der Waals surface area contributed by atoms with Crippen molar-refractivity contribution in [3.63, 3.8) is 0 Å². The highest BCUT2D eigenvalue weighted by atomic mass is 35.5. The summed E-state index contributed by atoms with van der Waals surface area (Å²) in [5.41, 5.74) is 1.85. The molecular weight excluding hydrogens is 386 g/mol. The van der Waals surface area contributed by atoms with Crippen molar-refractivity contribution in [1.29, 1.82) is 0 Å². The summed E-state index contributed by atoms with van der Waals surface area (Å²) in [5, 5.41) is 5.61. The van der Waals surface area contributed by atoms with Crippen molar-refractivity contribution in [2.45, 2.75) is 25.3 Å². The van der Waals surface area contributed by atoms with Gasteiger partial charge in [-0.2, -0.15) is 0 Å². The lowest BCUT2D eigenvalue weighted by Crippen LogP contribution is -2.10. The third kappa shape index (κ3) is 3.49. The first-order valence-electron chi connectivity index (χ1n) is 9.89. The van der Waals surface area contributed by atoms with Gasteiger partial charge in [-0.1, -0.05) is 11.6 Å². The Hall–Kier alpha value is -2.86. The molecule has 5 rings (SSSR count). The van der Waals surface area contributed by atoms with Crippen molar-refractivity contribution in [2.24, 2.45) is 5.92 Å². The van der Waals surface area contributed by atoms with Crippen LogP contribution in [-0.2, 0) is 0 Å². The minimum Gasteiger partial charge on any atom is -0.493 e. The summed E-state index contributed by atoms with van der Waals surface area (Å²) in [6.45, 7) is 0.711. The van der Waals surface area contributed by atoms with E-state index in [1.165, 1.54) is 6.33 Å². The van der Waals surface area contributed by atoms with Crippen LogP contribution >= 0.6 is 11.6 Å². The van der Waals surface area contributed by atoms with E-state index in [1.807, 2.05) is 31.3 Å². The topological polar surface area (TPSA) is 64.9 Å². The second kappa shape index (κ2) is 7.52. The van der Waals surface area contributed by atoms with Crippen LogP contribution in [0.15, 0.2) is 48.9 Å². The minimum absolute atomic E-state index is 0.420. The van der Waals surface area contributed by atoms with Crippen molar-refractivity contribution in [3.8, 4) is 5.75 Å². The number of hydrogen-bond donors (Lipinski definition) is 1. The molecule has 3 heterocycles. The quantitative estimate of drug-likeness (QED) is 0.466. The van der Waals surface area contributed by atoms with Gasteiger partial charge in [-0.25, -0.2) is 15.0 Å². The zero-order valence-electron chi connectivity index (χ0n) is 16.2. The predicted octanol–water partition coefficient (Wildman–Crippen LogP) is 5.09. The van der Waals surface area contributed by atoms with Gasteiger partial charge in [0.25, 0.3) is 0 Å². The number of halogens is 1. The average molecular weight is 408 g/mol. The standard InChI is InChI=1S/C22H22ClN5O/c1-24-20-7-4-15-3-6-17(11-19(15)27-20)29-12-14-2-5-16(10-14)28-9-8-18-21(23)25-13-26-22(18)28/h3-4,6-9,11,13-14,16H,2,5,10,12H2,1H3,(H,24,27). The number of anilines is 1. The predicted molar refractivity (Wildman–Crippen MR) is 116 cm³/mol. The van der Waals surface area contributed by atoms with E-state index in [-0.39, 0.29) is 0 Å². The molecule has 2 atom stereocenters. The van der Waals surface area contributed by atoms with E-state index in [2.05, 4.69) is 43.2 Å². The van der Waals surface area contributed by atoms with Crippen LogP contribution in [0.1, 0.15) is 25.3 Å². The van der Waals surface area contributed by atoms with Crippen LogP contribution in [0.5, 0.6) is 5.75 Å². The normalized spacial score (nSPS) is 19.1. The van der Waals surface area contributed by atoms with Gasteiger partial charge >= 0.3 is 0 Å². The van der Waals surface area contributed by atoms with Gasteiger partial charge < -0.3 is 14.6 Å². The number of pyridine rings is 1. The molecule has 4 aromatic rings. The fraction of sp³-hybridized carbons (Fsp3) is 0.318. The lowest BCUT2D eigenvalue weighted by atomic mass is 10.1. The number of fused-ring (bicyclic) bond motifs is 2. The molecule has 2 unspecified atom stereocenters. The summed E-state index contributed by atoms with van der Waals surface area (Å²) in [4.78, 5) is 13.1. The summed E-state index contributed by atoms with van der Waals surface area (Å²) in [6.07, 6.45) is 6.93. The van der Waals surface area contributed by atoms with E-state index < -0.39 is 0 Å². The molecule has 7 heteroatoms. The van der Waals surface area contributed by atoms with Crippen LogP contribution < -0.4 is 10.1 Å². The highest BCUT2D eigenvalue weighted by molar-refractivity contribution is 6.33. The summed E-state index contributed by atoms with van der Waals surface area (Å²) in [6, 6.07) is 12.6. The molecule has 0 amide bonds. The van der Waals surface area contributed by atoms with E-state index in [9.17, 15) is 0 Å². The van der Waals surface area contributed by atoms with Crippen molar-refractivity contribution in [1.82, 2.24) is 19.5 Å². The molecule has 0 saturated heterocycles. The Morgan fingerprint density at radius 3 is 2.97 bits per heavy atom. The second-order valence-corrected chi connectivity index (χ2v) is 7.93. The Morgan fingerprint density at radius 2 is 2.07 bits per heavy atom. The maximum absolute atomic E-state index is 6.19. The zero-order chi connectivity index (χ0) is 19.8. The average Bonchev–Trinajstić information content (AvgIpc) is 3.39. The lowest BCUT2D eigenvalue weighted by molar-refractivity contribution is 0.248. The third-order valence-corrected chi connectivity index (χ3v) is 6.07. The van der Waals surface area contributed by atoms with Gasteiger partial charge in [0, 0.05) is 30.7 Å². The SMILES string of the molecule is CNc1ccc2ccc(OCC3CCC(n4ccc5c(Cl)ncnc54)C3)cc2n1. The maximum Gasteiger partial charge on any atom is 0.145 e. The molecular formula is C22H22ClN5O. The van der Waals surface area contributed by atoms with Crippen LogP contribution in [0.2, 0.25) is 5.15 Å². The van der Waals surface area contributed by atoms with Gasteiger partial charge in [0.2, 0.25) is 0 Å². The first-order valence-corrected chi connectivity index (χ1v) is 10.3. The summed E-state index contributed by atoms with van der Waals surface area (Å²) < 4.78 is 8.37. The van der Waals surface area contributed by atoms with Gasteiger partial charge in [-0.3, -0.25) is 0 Å². The first kappa shape index (κ1) is 18.2. The molecule has 1 saturated carbocycles. The fourth-order valence-corrected chi connectivity index (χ4v) is 4.42. The molecule has 1 N–H and O–H groups in total. The fourth-order valence-electron chi connectivity index (χ4n) is 4.23. The van der Waals surface area contributed by atoms with Gasteiger partial charge in [-0.15, -0.1) is 0 Å². The molecule has 1 aromatic carbocycles. The molecule has 1 aliphatic rings. The number of nitrogens with one attached hydrogen (secondary N) is 1. The lowest BCUT2D eigenvalue weighted by Gasteiger charge is -2.15. The third-order valence-electron chi connectivity index (χ3n) is 5.77. The molecule has 0 spiro atoms. The number of rotatable bonds is 5. The van der Waals surface area contributed by atoms with Gasteiger partial charge in [0.1, 0.15) is 28.7 Å². The van der Waals surface area contributed by atoms with Crippen LogP contribution in [0.3, 0.4) is 0 Å². The first-order chi connectivity index (χ1) is 14.2. The number of ether oxygens (including phenoxy) is 1. The molecule has 1 fully saturated rings. The van der Waals surface area contributed by atoms with E-state index in [0.717, 1.165) is 52.8 Å². The van der Waals surface area contributed by atoms with Gasteiger partial charge in [0.05, 0.1) is 17.5 Å². The maximum atomic E-state index is 6.19. The Bertz CT molecular complexity index is 1170. The Kier molecular flexibility index (Phi) is 4.72. The molecule has 1 aliphatic carbocycles. The monoisotopic (exact) mass is 407 g/mol. The van der Waals surface area contributed by atoms with Crippen molar-refractivity contribution in [3.05, 3.63) is 54.1 Å². The number of hydrogen-bond acceptors (Lipinski definition) is 5. The summed E-state index contributed by atoms with van der Waals surface area (Å²) in [5.74, 6) is 2.24. The van der Waals surface area contributed by atoms with Crippen molar-refractivity contribution in [2.75, 3.05) is 19.0 Å². The highest BCUT2D eigenvalue weighted by Gasteiger charge is 2.27. The number of nitrogens with zero attached hydrogens (tertiary/aromatic N) is 4. The van der Waals surface area contributed by atoms with Crippen LogP contribution in [0.4, 0.5) is 5.82 Å². The molecule has 6 nitrogen and oxygen atoms in total. The molecule has 0 aliphatic heterocycles. The van der Waals surface area contributed by atoms with E-state index >= 15 is 0 Å².